The van der Waals surface area contributed by atoms with Crippen LogP contribution in [0.15, 0.2) is 24.3 Å². The average Bonchev–Trinajstić information content (AvgIpc) is 2.48. The molecule has 1 fully saturated rings. The summed E-state index contributed by atoms with van der Waals surface area (Å²) in [6, 6.07) is 9.62. The van der Waals surface area contributed by atoms with E-state index in [4.69, 9.17) is 0 Å². The number of hydrogen-bond acceptors (Lipinski definition) is 2. The molecule has 0 bridgehead atoms. The van der Waals surface area contributed by atoms with Gasteiger partial charge in [-0.05, 0) is 49.8 Å². The molecule has 2 atom stereocenters. The van der Waals surface area contributed by atoms with Gasteiger partial charge in [-0.2, -0.15) is 0 Å². The molecule has 2 heteroatoms. The Bertz CT molecular complexity index is 415. The van der Waals surface area contributed by atoms with Crippen LogP contribution in [0.2, 0.25) is 0 Å². The molecule has 0 amide bonds. The van der Waals surface area contributed by atoms with E-state index in [0.29, 0.717) is 0 Å². The zero-order valence-electron chi connectivity index (χ0n) is 12.1. The Balaban J connectivity index is 1.62. The van der Waals surface area contributed by atoms with Gasteiger partial charge in [-0.15, -0.1) is 0 Å². The van der Waals surface area contributed by atoms with Crippen LogP contribution in [-0.2, 0) is 6.42 Å². The van der Waals surface area contributed by atoms with Crippen molar-refractivity contribution in [3.05, 3.63) is 29.8 Å². The summed E-state index contributed by atoms with van der Waals surface area (Å²) in [6.45, 7) is 6.08. The van der Waals surface area contributed by atoms with Crippen LogP contribution in [0.5, 0.6) is 0 Å². The van der Waals surface area contributed by atoms with Gasteiger partial charge < -0.3 is 10.2 Å². The van der Waals surface area contributed by atoms with Gasteiger partial charge in [-0.1, -0.05) is 31.5 Å². The molecule has 1 saturated heterocycles. The number of benzene rings is 1. The van der Waals surface area contributed by atoms with Gasteiger partial charge in [0.1, 0.15) is 0 Å². The summed E-state index contributed by atoms with van der Waals surface area (Å²) in [5.74, 6) is 0.780. The monoisotopic (exact) mass is 258 g/mol. The topological polar surface area (TPSA) is 15.3 Å². The number of hydrogen-bond donors (Lipinski definition) is 1. The first-order valence-electron chi connectivity index (χ1n) is 7.92. The van der Waals surface area contributed by atoms with Crippen LogP contribution in [0, 0.1) is 5.92 Å². The van der Waals surface area contributed by atoms with Crippen molar-refractivity contribution in [2.24, 2.45) is 5.92 Å². The molecule has 0 radical (unpaired) electrons. The van der Waals surface area contributed by atoms with Gasteiger partial charge in [0.05, 0.1) is 0 Å². The molecule has 19 heavy (non-hydrogen) atoms. The van der Waals surface area contributed by atoms with Crippen LogP contribution < -0.4 is 5.32 Å². The van der Waals surface area contributed by atoms with E-state index in [9.17, 15) is 0 Å². The van der Waals surface area contributed by atoms with Gasteiger partial charge in [0.2, 0.25) is 0 Å². The molecule has 2 nitrogen and oxygen atoms in total. The highest BCUT2D eigenvalue weighted by Gasteiger charge is 2.25. The molecule has 0 aromatic heterocycles. The summed E-state index contributed by atoms with van der Waals surface area (Å²) in [6.07, 6.45) is 6.80. The van der Waals surface area contributed by atoms with Crippen LogP contribution in [0.25, 0.3) is 0 Å². The number of para-hydroxylation sites is 1. The fourth-order valence-electron chi connectivity index (χ4n) is 3.73. The van der Waals surface area contributed by atoms with Crippen LogP contribution in [0.4, 0.5) is 5.69 Å². The lowest BCUT2D eigenvalue weighted by Gasteiger charge is -2.38. The quantitative estimate of drug-likeness (QED) is 0.892. The highest BCUT2D eigenvalue weighted by atomic mass is 15.2. The Morgan fingerprint density at radius 3 is 3.05 bits per heavy atom. The molecule has 2 unspecified atom stereocenters. The van der Waals surface area contributed by atoms with Gasteiger partial charge in [0, 0.05) is 24.8 Å². The van der Waals surface area contributed by atoms with Crippen LogP contribution in [0.3, 0.4) is 0 Å². The molecular weight excluding hydrogens is 232 g/mol. The second-order valence-electron chi connectivity index (χ2n) is 6.16. The van der Waals surface area contributed by atoms with Crippen molar-refractivity contribution in [3.63, 3.8) is 0 Å². The van der Waals surface area contributed by atoms with Gasteiger partial charge in [0.15, 0.2) is 0 Å². The molecule has 1 N–H and O–H groups in total. The van der Waals surface area contributed by atoms with Gasteiger partial charge in [0.25, 0.3) is 0 Å². The summed E-state index contributed by atoms with van der Waals surface area (Å²) in [7, 11) is 0. The fraction of sp³-hybridized carbons (Fsp3) is 0.647. The second kappa shape index (κ2) is 5.96. The SMILES string of the molecule is CCC1CCCCN1CC1CNc2ccccc2C1. The highest BCUT2D eigenvalue weighted by Crippen LogP contribution is 2.27. The standard InChI is InChI=1S/C17H26N2/c1-2-16-8-5-6-10-19(16)13-14-11-15-7-3-4-9-17(15)18-12-14/h3-4,7,9,14,16,18H,2,5-6,8,10-13H2,1H3. The smallest absolute Gasteiger partial charge is 0.0372 e. The minimum absolute atomic E-state index is 0.780. The van der Waals surface area contributed by atoms with Crippen molar-refractivity contribution in [1.29, 1.82) is 0 Å². The first-order chi connectivity index (χ1) is 9.36. The zero-order valence-corrected chi connectivity index (χ0v) is 12.1. The summed E-state index contributed by atoms with van der Waals surface area (Å²) in [5.41, 5.74) is 2.85. The number of nitrogens with one attached hydrogen (secondary N) is 1. The van der Waals surface area contributed by atoms with Gasteiger partial charge >= 0.3 is 0 Å². The van der Waals surface area contributed by atoms with Gasteiger partial charge in [-0.3, -0.25) is 0 Å². The predicted molar refractivity (Wildman–Crippen MR) is 81.6 cm³/mol. The second-order valence-corrected chi connectivity index (χ2v) is 6.16. The van der Waals surface area contributed by atoms with Gasteiger partial charge in [-0.25, -0.2) is 0 Å². The largest absolute Gasteiger partial charge is 0.384 e. The molecule has 2 heterocycles. The number of piperidine rings is 1. The van der Waals surface area contributed by atoms with E-state index >= 15 is 0 Å². The third-order valence-electron chi connectivity index (χ3n) is 4.82. The van der Waals surface area contributed by atoms with Crippen molar-refractivity contribution in [2.75, 3.05) is 25.0 Å². The van der Waals surface area contributed by atoms with Crippen LogP contribution >= 0.6 is 0 Å². The summed E-state index contributed by atoms with van der Waals surface area (Å²) in [4.78, 5) is 2.75. The number of likely N-dealkylation sites (tertiary alicyclic amines) is 1. The maximum Gasteiger partial charge on any atom is 0.0372 e. The molecule has 1 aromatic rings. The Kier molecular flexibility index (Phi) is 4.07. The molecule has 1 aromatic carbocycles. The molecule has 0 spiro atoms. The van der Waals surface area contributed by atoms with E-state index in [1.54, 1.807) is 0 Å². The zero-order chi connectivity index (χ0) is 13.1. The van der Waals surface area contributed by atoms with Crippen molar-refractivity contribution < 1.29 is 0 Å². The minimum Gasteiger partial charge on any atom is -0.384 e. The average molecular weight is 258 g/mol. The first-order valence-corrected chi connectivity index (χ1v) is 7.92. The Hall–Kier alpha value is -1.02. The number of anilines is 1. The van der Waals surface area contributed by atoms with E-state index in [2.05, 4.69) is 41.4 Å². The third kappa shape index (κ3) is 2.94. The van der Waals surface area contributed by atoms with E-state index in [-0.39, 0.29) is 0 Å². The maximum absolute atomic E-state index is 3.61. The van der Waals surface area contributed by atoms with Crippen molar-refractivity contribution in [2.45, 2.75) is 45.1 Å². The molecule has 0 saturated carbocycles. The van der Waals surface area contributed by atoms with E-state index < -0.39 is 0 Å². The molecule has 0 aliphatic carbocycles. The maximum atomic E-state index is 3.61. The first kappa shape index (κ1) is 13.0. The van der Waals surface area contributed by atoms with E-state index in [0.717, 1.165) is 18.5 Å². The number of nitrogens with zero attached hydrogens (tertiary/aromatic N) is 1. The Morgan fingerprint density at radius 2 is 2.16 bits per heavy atom. The molecule has 2 aliphatic rings. The highest BCUT2D eigenvalue weighted by molar-refractivity contribution is 5.53. The van der Waals surface area contributed by atoms with Crippen LogP contribution in [-0.4, -0.2) is 30.6 Å². The van der Waals surface area contributed by atoms with Crippen molar-refractivity contribution in [1.82, 2.24) is 4.90 Å². The lowest BCUT2D eigenvalue weighted by Crippen LogP contribution is -2.44. The summed E-state index contributed by atoms with van der Waals surface area (Å²) >= 11 is 0. The lowest BCUT2D eigenvalue weighted by atomic mass is 9.91. The normalized spacial score (nSPS) is 27.6. The van der Waals surface area contributed by atoms with E-state index in [1.165, 1.54) is 56.4 Å². The Morgan fingerprint density at radius 1 is 1.26 bits per heavy atom. The Labute approximate surface area is 117 Å². The van der Waals surface area contributed by atoms with Crippen molar-refractivity contribution in [3.8, 4) is 0 Å². The summed E-state index contributed by atoms with van der Waals surface area (Å²) in [5, 5.41) is 3.61. The molecular formula is C17H26N2. The molecule has 2 aliphatic heterocycles. The molecule has 104 valence electrons. The fourth-order valence-corrected chi connectivity index (χ4v) is 3.73. The third-order valence-corrected chi connectivity index (χ3v) is 4.82. The van der Waals surface area contributed by atoms with Crippen molar-refractivity contribution >= 4 is 5.69 Å². The van der Waals surface area contributed by atoms with E-state index in [1.807, 2.05) is 0 Å². The predicted octanol–water partition coefficient (Wildman–Crippen LogP) is 3.54. The number of fused-ring (bicyclic) bond motifs is 1. The minimum atomic E-state index is 0.780. The number of rotatable bonds is 3. The lowest BCUT2D eigenvalue weighted by molar-refractivity contribution is 0.123. The van der Waals surface area contributed by atoms with Crippen LogP contribution in [0.1, 0.15) is 38.2 Å². The summed E-state index contributed by atoms with van der Waals surface area (Å²) < 4.78 is 0. The molecule has 3 rings (SSSR count).